The van der Waals surface area contributed by atoms with Crippen LogP contribution in [-0.4, -0.2) is 69.7 Å². The van der Waals surface area contributed by atoms with E-state index in [1.807, 2.05) is 6.92 Å². The van der Waals surface area contributed by atoms with Crippen molar-refractivity contribution in [3.05, 3.63) is 34.3 Å². The molecule has 3 heterocycles. The van der Waals surface area contributed by atoms with Crippen LogP contribution in [0.1, 0.15) is 31.1 Å². The highest BCUT2D eigenvalue weighted by molar-refractivity contribution is 5.93. The topological polar surface area (TPSA) is 86.0 Å². The van der Waals surface area contributed by atoms with Gasteiger partial charge in [-0.25, -0.2) is 9.98 Å². The van der Waals surface area contributed by atoms with Gasteiger partial charge in [0.1, 0.15) is 6.17 Å². The van der Waals surface area contributed by atoms with E-state index in [9.17, 15) is 4.79 Å². The highest BCUT2D eigenvalue weighted by atomic mass is 16.3. The lowest BCUT2D eigenvalue weighted by molar-refractivity contribution is 0.146. The average Bonchev–Trinajstić information content (AvgIpc) is 2.68. The first-order valence-electron chi connectivity index (χ1n) is 9.84. The number of aliphatic hydroxyl groups excluding tert-OH is 1. The monoisotopic (exact) mass is 372 g/mol. The van der Waals surface area contributed by atoms with Crippen LogP contribution in [0.25, 0.3) is 0 Å². The summed E-state index contributed by atoms with van der Waals surface area (Å²) in [5, 5.41) is 12.4. The van der Waals surface area contributed by atoms with Crippen LogP contribution in [0, 0.1) is 12.8 Å². The number of rotatable bonds is 3. The Balaban J connectivity index is 1.62. The summed E-state index contributed by atoms with van der Waals surface area (Å²) in [6.45, 7) is 6.23. The summed E-state index contributed by atoms with van der Waals surface area (Å²) >= 11 is 0. The molecule has 2 aliphatic heterocycles. The van der Waals surface area contributed by atoms with Crippen molar-refractivity contribution in [2.24, 2.45) is 10.9 Å². The maximum Gasteiger partial charge on any atom is 0.256 e. The summed E-state index contributed by atoms with van der Waals surface area (Å²) in [6, 6.07) is 1.59. The Morgan fingerprint density at radius 3 is 2.78 bits per heavy atom. The van der Waals surface area contributed by atoms with Gasteiger partial charge in [0.25, 0.3) is 5.56 Å². The van der Waals surface area contributed by atoms with E-state index < -0.39 is 0 Å². The number of nitrogens with zero attached hydrogens (tertiary/aromatic N) is 5. The van der Waals surface area contributed by atoms with E-state index in [0.29, 0.717) is 18.4 Å². The van der Waals surface area contributed by atoms with E-state index in [1.54, 1.807) is 10.6 Å². The van der Waals surface area contributed by atoms with Gasteiger partial charge in [-0.15, -0.1) is 0 Å². The molecule has 0 amide bonds. The minimum atomic E-state index is -0.211. The van der Waals surface area contributed by atoms with Gasteiger partial charge in [-0.05, 0) is 26.2 Å². The van der Waals surface area contributed by atoms with Crippen LogP contribution in [0.2, 0.25) is 0 Å². The molecule has 146 valence electrons. The van der Waals surface area contributed by atoms with Crippen molar-refractivity contribution in [3.8, 4) is 0 Å². The van der Waals surface area contributed by atoms with Crippen molar-refractivity contribution >= 4 is 11.9 Å². The van der Waals surface area contributed by atoms with Gasteiger partial charge in [0.2, 0.25) is 11.9 Å². The number of β-amino-alcohol motifs (C(OH)–C–C–N with tert-alkyl or cyclic N) is 1. The molecule has 1 fully saturated rings. The normalized spacial score (nSPS) is 25.7. The number of fused-ring (bicyclic) bond motifs is 1. The molecule has 8 heteroatoms. The molecular formula is C19H28N6O2. The molecule has 1 aliphatic carbocycles. The second-order valence-electron chi connectivity index (χ2n) is 7.52. The van der Waals surface area contributed by atoms with Crippen LogP contribution < -0.4 is 10.9 Å². The second kappa shape index (κ2) is 7.82. The van der Waals surface area contributed by atoms with E-state index in [1.165, 1.54) is 0 Å². The van der Waals surface area contributed by atoms with Gasteiger partial charge < -0.3 is 10.0 Å². The van der Waals surface area contributed by atoms with E-state index in [-0.39, 0.29) is 18.3 Å². The molecular weight excluding hydrogens is 344 g/mol. The number of aliphatic hydroxyl groups is 1. The van der Waals surface area contributed by atoms with Crippen LogP contribution in [0.15, 0.2) is 28.0 Å². The summed E-state index contributed by atoms with van der Waals surface area (Å²) in [7, 11) is 0. The van der Waals surface area contributed by atoms with Crippen LogP contribution in [-0.2, 0) is 0 Å². The summed E-state index contributed by atoms with van der Waals surface area (Å²) in [6.07, 6.45) is 7.19. The zero-order valence-corrected chi connectivity index (χ0v) is 15.8. The number of anilines is 1. The predicted molar refractivity (Wildman–Crippen MR) is 105 cm³/mol. The third-order valence-electron chi connectivity index (χ3n) is 5.64. The standard InChI is InChI=1S/C19H28N6O2/c1-14-13-16(27)25-17(15-5-3-2-4-6-15)21-18(22-19(25)20-14)24-9-7-23(8-10-24)11-12-26/h2-3,13,15,17,26H,4-12H2,1H3,(H,20,21,22)/t15-,17+/m0/s1. The summed E-state index contributed by atoms with van der Waals surface area (Å²) in [4.78, 5) is 26.8. The van der Waals surface area contributed by atoms with Gasteiger partial charge in [0.15, 0.2) is 0 Å². The van der Waals surface area contributed by atoms with Crippen molar-refractivity contribution in [2.75, 3.05) is 44.6 Å². The molecule has 0 spiro atoms. The Hall–Kier alpha value is -2.19. The fraction of sp³-hybridized carbons (Fsp3) is 0.632. The molecule has 0 saturated carbocycles. The van der Waals surface area contributed by atoms with Gasteiger partial charge in [0, 0.05) is 50.4 Å². The number of nitrogens with one attached hydrogen (secondary N) is 1. The maximum atomic E-state index is 12.7. The number of aryl methyl sites for hydroxylation is 1. The molecule has 1 aromatic heterocycles. The minimum Gasteiger partial charge on any atom is -0.395 e. The first kappa shape index (κ1) is 18.2. The summed E-state index contributed by atoms with van der Waals surface area (Å²) < 4.78 is 1.72. The van der Waals surface area contributed by atoms with E-state index >= 15 is 0 Å². The van der Waals surface area contributed by atoms with Crippen LogP contribution in [0.5, 0.6) is 0 Å². The summed E-state index contributed by atoms with van der Waals surface area (Å²) in [5.74, 6) is 1.72. The highest BCUT2D eigenvalue weighted by Crippen LogP contribution is 2.33. The summed E-state index contributed by atoms with van der Waals surface area (Å²) in [5.41, 5.74) is 0.676. The minimum absolute atomic E-state index is 0.0416. The third-order valence-corrected chi connectivity index (χ3v) is 5.64. The highest BCUT2D eigenvalue weighted by Gasteiger charge is 2.32. The van der Waals surface area contributed by atoms with Crippen molar-refractivity contribution in [2.45, 2.75) is 32.4 Å². The molecule has 8 nitrogen and oxygen atoms in total. The fourth-order valence-electron chi connectivity index (χ4n) is 4.15. The molecule has 0 aromatic carbocycles. The number of guanidine groups is 1. The smallest absolute Gasteiger partial charge is 0.256 e. The Morgan fingerprint density at radius 2 is 2.07 bits per heavy atom. The molecule has 4 rings (SSSR count). The van der Waals surface area contributed by atoms with Gasteiger partial charge in [-0.1, -0.05) is 12.2 Å². The lowest BCUT2D eigenvalue weighted by Gasteiger charge is -2.39. The molecule has 1 saturated heterocycles. The van der Waals surface area contributed by atoms with Crippen molar-refractivity contribution in [1.29, 1.82) is 0 Å². The quantitative estimate of drug-likeness (QED) is 0.764. The van der Waals surface area contributed by atoms with Crippen LogP contribution in [0.4, 0.5) is 5.95 Å². The number of aliphatic imine (C=N–C) groups is 1. The number of hydrogen-bond donors (Lipinski definition) is 2. The average molecular weight is 372 g/mol. The SMILES string of the molecule is Cc1cc(=O)n2c(n1)NC(N1CCN(CCO)CC1)=N[C@H]2[C@H]1CC=CCC1. The van der Waals surface area contributed by atoms with Gasteiger partial charge in [0.05, 0.1) is 6.61 Å². The number of piperazine rings is 1. The zero-order chi connectivity index (χ0) is 18.8. The molecule has 3 aliphatic rings. The number of allylic oxidation sites excluding steroid dienone is 2. The zero-order valence-electron chi connectivity index (χ0n) is 15.8. The van der Waals surface area contributed by atoms with Gasteiger partial charge in [-0.3, -0.25) is 19.6 Å². The molecule has 27 heavy (non-hydrogen) atoms. The predicted octanol–water partition coefficient (Wildman–Crippen LogP) is 0.798. The van der Waals surface area contributed by atoms with Crippen molar-refractivity contribution in [1.82, 2.24) is 19.4 Å². The van der Waals surface area contributed by atoms with E-state index in [4.69, 9.17) is 10.1 Å². The van der Waals surface area contributed by atoms with Crippen molar-refractivity contribution in [3.63, 3.8) is 0 Å². The molecule has 1 aromatic rings. The fourth-order valence-corrected chi connectivity index (χ4v) is 4.15. The van der Waals surface area contributed by atoms with Crippen molar-refractivity contribution < 1.29 is 5.11 Å². The third kappa shape index (κ3) is 3.77. The van der Waals surface area contributed by atoms with E-state index in [0.717, 1.165) is 57.1 Å². The van der Waals surface area contributed by atoms with E-state index in [2.05, 4.69) is 32.3 Å². The number of aromatic nitrogens is 2. The molecule has 0 radical (unpaired) electrons. The molecule has 0 unspecified atom stereocenters. The lowest BCUT2D eigenvalue weighted by Crippen LogP contribution is -2.53. The Labute approximate surface area is 159 Å². The van der Waals surface area contributed by atoms with Crippen LogP contribution in [0.3, 0.4) is 0 Å². The lowest BCUT2D eigenvalue weighted by atomic mass is 9.91. The van der Waals surface area contributed by atoms with Crippen LogP contribution >= 0.6 is 0 Å². The first-order valence-corrected chi connectivity index (χ1v) is 9.84. The van der Waals surface area contributed by atoms with Gasteiger partial charge >= 0.3 is 0 Å². The van der Waals surface area contributed by atoms with Gasteiger partial charge in [-0.2, -0.15) is 0 Å². The largest absolute Gasteiger partial charge is 0.395 e. The first-order chi connectivity index (χ1) is 13.2. The Morgan fingerprint density at radius 1 is 1.26 bits per heavy atom. The Bertz CT molecular complexity index is 794. The Kier molecular flexibility index (Phi) is 5.27. The second-order valence-corrected chi connectivity index (χ2v) is 7.52. The maximum absolute atomic E-state index is 12.7. The molecule has 2 N–H and O–H groups in total. The number of hydrogen-bond acceptors (Lipinski definition) is 7. The molecule has 0 bridgehead atoms. The molecule has 2 atom stereocenters.